The second-order valence-corrected chi connectivity index (χ2v) is 3.55. The zero-order valence-corrected chi connectivity index (χ0v) is 7.86. The highest BCUT2D eigenvalue weighted by atomic mass is 16.4. The van der Waals surface area contributed by atoms with Crippen LogP contribution < -0.4 is 5.73 Å². The third kappa shape index (κ3) is 1.34. The highest BCUT2D eigenvalue weighted by Crippen LogP contribution is 2.22. The molecule has 0 radical (unpaired) electrons. The average molecular weight is 195 g/mol. The Bertz CT molecular complexity index is 370. The van der Waals surface area contributed by atoms with Crippen molar-refractivity contribution in [3.8, 4) is 0 Å². The SMILES string of the molecule is Nc1nn2c(c1C(=O)O)CCCCC2. The summed E-state index contributed by atoms with van der Waals surface area (Å²) in [5, 5.41) is 13.0. The molecule has 0 spiro atoms. The van der Waals surface area contributed by atoms with Crippen LogP contribution in [0.2, 0.25) is 0 Å². The molecule has 0 saturated heterocycles. The molecule has 76 valence electrons. The zero-order valence-electron chi connectivity index (χ0n) is 7.86. The maximum absolute atomic E-state index is 10.9. The molecule has 2 rings (SSSR count). The molecule has 0 aliphatic carbocycles. The van der Waals surface area contributed by atoms with E-state index >= 15 is 0 Å². The Kier molecular flexibility index (Phi) is 2.15. The summed E-state index contributed by atoms with van der Waals surface area (Å²) in [6.45, 7) is 0.785. The van der Waals surface area contributed by atoms with Crippen LogP contribution in [0, 0.1) is 0 Å². The van der Waals surface area contributed by atoms with Crippen LogP contribution in [0.5, 0.6) is 0 Å². The van der Waals surface area contributed by atoms with Gasteiger partial charge in [0.1, 0.15) is 5.56 Å². The third-order valence-corrected chi connectivity index (χ3v) is 2.58. The van der Waals surface area contributed by atoms with E-state index in [4.69, 9.17) is 10.8 Å². The lowest BCUT2D eigenvalue weighted by Crippen LogP contribution is -2.06. The lowest BCUT2D eigenvalue weighted by atomic mass is 10.1. The van der Waals surface area contributed by atoms with Crippen LogP contribution in [0.1, 0.15) is 35.3 Å². The smallest absolute Gasteiger partial charge is 0.341 e. The molecule has 1 aromatic rings. The monoisotopic (exact) mass is 195 g/mol. The number of aromatic carboxylic acids is 1. The zero-order chi connectivity index (χ0) is 10.1. The van der Waals surface area contributed by atoms with E-state index in [1.54, 1.807) is 4.68 Å². The number of carbonyl (C=O) groups is 1. The molecule has 14 heavy (non-hydrogen) atoms. The minimum Gasteiger partial charge on any atom is -0.477 e. The van der Waals surface area contributed by atoms with Crippen molar-refractivity contribution in [1.29, 1.82) is 0 Å². The van der Waals surface area contributed by atoms with Crippen LogP contribution in [0.25, 0.3) is 0 Å². The van der Waals surface area contributed by atoms with Crippen molar-refractivity contribution in [2.75, 3.05) is 5.73 Å². The van der Waals surface area contributed by atoms with Crippen LogP contribution in [-0.2, 0) is 13.0 Å². The molecule has 0 aromatic carbocycles. The van der Waals surface area contributed by atoms with Crippen molar-refractivity contribution in [2.45, 2.75) is 32.2 Å². The van der Waals surface area contributed by atoms with E-state index in [1.807, 2.05) is 0 Å². The number of nitrogens with zero attached hydrogens (tertiary/aromatic N) is 2. The Morgan fingerprint density at radius 2 is 2.21 bits per heavy atom. The fourth-order valence-corrected chi connectivity index (χ4v) is 1.92. The number of anilines is 1. The molecular weight excluding hydrogens is 182 g/mol. The average Bonchev–Trinajstić information content (AvgIpc) is 2.31. The van der Waals surface area contributed by atoms with E-state index in [9.17, 15) is 4.79 Å². The minimum absolute atomic E-state index is 0.148. The largest absolute Gasteiger partial charge is 0.477 e. The summed E-state index contributed by atoms with van der Waals surface area (Å²) in [4.78, 5) is 10.9. The molecular formula is C9H13N3O2. The fraction of sp³-hybridized carbons (Fsp3) is 0.556. The van der Waals surface area contributed by atoms with Gasteiger partial charge in [-0.2, -0.15) is 5.10 Å². The van der Waals surface area contributed by atoms with Crippen molar-refractivity contribution < 1.29 is 9.90 Å². The molecule has 5 nitrogen and oxygen atoms in total. The van der Waals surface area contributed by atoms with Gasteiger partial charge in [-0.15, -0.1) is 0 Å². The number of carboxylic acids is 1. The molecule has 0 bridgehead atoms. The molecule has 0 fully saturated rings. The first-order chi connectivity index (χ1) is 6.70. The second kappa shape index (κ2) is 3.32. The Hall–Kier alpha value is -1.52. The lowest BCUT2D eigenvalue weighted by molar-refractivity contribution is 0.0696. The molecule has 0 amide bonds. The summed E-state index contributed by atoms with van der Waals surface area (Å²) in [5.74, 6) is -0.819. The molecule has 2 heterocycles. The number of aromatic nitrogens is 2. The number of carboxylic acid groups (broad SMARTS) is 1. The Balaban J connectivity index is 2.49. The normalized spacial score (nSPS) is 16.0. The molecule has 5 heteroatoms. The summed E-state index contributed by atoms with van der Waals surface area (Å²) in [6.07, 6.45) is 3.97. The molecule has 0 atom stereocenters. The molecule has 1 aromatic heterocycles. The van der Waals surface area contributed by atoms with Gasteiger partial charge in [0.05, 0.1) is 5.69 Å². The summed E-state index contributed by atoms with van der Waals surface area (Å²) >= 11 is 0. The number of nitrogens with two attached hydrogens (primary N) is 1. The Morgan fingerprint density at radius 1 is 1.43 bits per heavy atom. The predicted octanol–water partition coefficient (Wildman–Crippen LogP) is 0.890. The number of hydrogen-bond donors (Lipinski definition) is 2. The van der Waals surface area contributed by atoms with E-state index in [0.717, 1.165) is 37.9 Å². The second-order valence-electron chi connectivity index (χ2n) is 3.55. The molecule has 1 aliphatic heterocycles. The van der Waals surface area contributed by atoms with Crippen molar-refractivity contribution in [2.24, 2.45) is 0 Å². The molecule has 0 saturated carbocycles. The van der Waals surface area contributed by atoms with Crippen molar-refractivity contribution in [1.82, 2.24) is 9.78 Å². The first-order valence-corrected chi connectivity index (χ1v) is 4.78. The van der Waals surface area contributed by atoms with Gasteiger partial charge in [-0.05, 0) is 19.3 Å². The van der Waals surface area contributed by atoms with Gasteiger partial charge in [-0.25, -0.2) is 4.79 Å². The minimum atomic E-state index is -0.967. The van der Waals surface area contributed by atoms with Gasteiger partial charge in [0.2, 0.25) is 0 Å². The van der Waals surface area contributed by atoms with Crippen molar-refractivity contribution in [3.63, 3.8) is 0 Å². The van der Waals surface area contributed by atoms with Crippen LogP contribution in [-0.4, -0.2) is 20.9 Å². The van der Waals surface area contributed by atoms with E-state index in [2.05, 4.69) is 5.10 Å². The van der Waals surface area contributed by atoms with E-state index in [-0.39, 0.29) is 11.4 Å². The predicted molar refractivity (Wildman–Crippen MR) is 51.2 cm³/mol. The van der Waals surface area contributed by atoms with Gasteiger partial charge in [-0.3, -0.25) is 4.68 Å². The van der Waals surface area contributed by atoms with Gasteiger partial charge >= 0.3 is 5.97 Å². The Morgan fingerprint density at radius 3 is 2.93 bits per heavy atom. The van der Waals surface area contributed by atoms with E-state index in [0.29, 0.717) is 0 Å². The number of hydrogen-bond acceptors (Lipinski definition) is 3. The highest BCUT2D eigenvalue weighted by molar-refractivity contribution is 5.94. The lowest BCUT2D eigenvalue weighted by Gasteiger charge is -2.01. The summed E-state index contributed by atoms with van der Waals surface area (Å²) in [6, 6.07) is 0. The standard InChI is InChI=1S/C9H13N3O2/c10-8-7(9(13)14)6-4-2-1-3-5-12(6)11-8/h1-5H2,(H2,10,11)(H,13,14). The number of rotatable bonds is 1. The van der Waals surface area contributed by atoms with Crippen LogP contribution in [0.3, 0.4) is 0 Å². The maximum atomic E-state index is 10.9. The summed E-state index contributed by atoms with van der Waals surface area (Å²) in [5.41, 5.74) is 6.55. The van der Waals surface area contributed by atoms with Crippen LogP contribution in [0.4, 0.5) is 5.82 Å². The number of aryl methyl sites for hydroxylation is 1. The quantitative estimate of drug-likeness (QED) is 0.697. The fourth-order valence-electron chi connectivity index (χ4n) is 1.92. The van der Waals surface area contributed by atoms with Gasteiger partial charge in [0.25, 0.3) is 0 Å². The van der Waals surface area contributed by atoms with Gasteiger partial charge in [0, 0.05) is 6.54 Å². The van der Waals surface area contributed by atoms with Gasteiger partial charge < -0.3 is 10.8 Å². The highest BCUT2D eigenvalue weighted by Gasteiger charge is 2.22. The topological polar surface area (TPSA) is 81.1 Å². The Labute approximate surface area is 81.5 Å². The van der Waals surface area contributed by atoms with Gasteiger partial charge in [-0.1, -0.05) is 6.42 Å². The first kappa shape index (κ1) is 9.05. The third-order valence-electron chi connectivity index (χ3n) is 2.58. The van der Waals surface area contributed by atoms with Crippen LogP contribution >= 0.6 is 0 Å². The number of fused-ring (bicyclic) bond motifs is 1. The van der Waals surface area contributed by atoms with Crippen molar-refractivity contribution in [3.05, 3.63) is 11.3 Å². The summed E-state index contributed by atoms with van der Waals surface area (Å²) in [7, 11) is 0. The van der Waals surface area contributed by atoms with Crippen molar-refractivity contribution >= 4 is 11.8 Å². The number of nitrogen functional groups attached to an aromatic ring is 1. The van der Waals surface area contributed by atoms with Crippen LogP contribution in [0.15, 0.2) is 0 Å². The maximum Gasteiger partial charge on any atom is 0.341 e. The molecule has 1 aliphatic rings. The van der Waals surface area contributed by atoms with Gasteiger partial charge in [0.15, 0.2) is 5.82 Å². The van der Waals surface area contributed by atoms with E-state index in [1.165, 1.54) is 0 Å². The molecule has 3 N–H and O–H groups in total. The molecule has 0 unspecified atom stereocenters. The first-order valence-electron chi connectivity index (χ1n) is 4.78. The summed E-state index contributed by atoms with van der Waals surface area (Å²) < 4.78 is 1.74. The van der Waals surface area contributed by atoms with E-state index < -0.39 is 5.97 Å².